The first kappa shape index (κ1) is 22.6. The molecule has 5 rings (SSSR count). The summed E-state index contributed by atoms with van der Waals surface area (Å²) in [7, 11) is 0. The highest BCUT2D eigenvalue weighted by atomic mass is 35.5. The lowest BCUT2D eigenvalue weighted by Crippen LogP contribution is -2.39. The van der Waals surface area contributed by atoms with E-state index in [0.717, 1.165) is 5.56 Å². The van der Waals surface area contributed by atoms with Crippen molar-refractivity contribution in [1.29, 1.82) is 0 Å². The van der Waals surface area contributed by atoms with Crippen LogP contribution >= 0.6 is 11.6 Å². The van der Waals surface area contributed by atoms with Crippen LogP contribution in [0.15, 0.2) is 85.2 Å². The Bertz CT molecular complexity index is 1450. The molecule has 0 fully saturated rings. The molecule has 4 aromatic rings. The maximum Gasteiger partial charge on any atom is 0.327 e. The summed E-state index contributed by atoms with van der Waals surface area (Å²) in [4.78, 5) is 28.5. The Morgan fingerprint density at radius 2 is 1.57 bits per heavy atom. The van der Waals surface area contributed by atoms with Crippen LogP contribution in [0.2, 0.25) is 5.02 Å². The average molecular weight is 485 g/mol. The van der Waals surface area contributed by atoms with Gasteiger partial charge < -0.3 is 5.11 Å². The minimum atomic E-state index is -0.521. The van der Waals surface area contributed by atoms with Gasteiger partial charge in [-0.3, -0.25) is 14.5 Å². The highest BCUT2D eigenvalue weighted by molar-refractivity contribution is 6.44. The minimum absolute atomic E-state index is 0.0594. The molecule has 1 aliphatic rings. The van der Waals surface area contributed by atoms with E-state index >= 15 is 0 Å². The second kappa shape index (κ2) is 9.19. The number of hydrogen-bond acceptors (Lipinski definition) is 4. The van der Waals surface area contributed by atoms with E-state index < -0.39 is 17.7 Å². The van der Waals surface area contributed by atoms with Crippen LogP contribution in [0, 0.1) is 0 Å². The molecule has 3 heterocycles. The summed E-state index contributed by atoms with van der Waals surface area (Å²) in [5.74, 6) is -1.45. The van der Waals surface area contributed by atoms with Gasteiger partial charge in [-0.05, 0) is 42.1 Å². The molecule has 2 amide bonds. The van der Waals surface area contributed by atoms with Gasteiger partial charge in [-0.2, -0.15) is 9.67 Å². The third kappa shape index (κ3) is 4.00. The summed E-state index contributed by atoms with van der Waals surface area (Å²) >= 11 is 6.01. The highest BCUT2D eigenvalue weighted by Crippen LogP contribution is 2.37. The van der Waals surface area contributed by atoms with E-state index in [4.69, 9.17) is 11.6 Å². The number of aryl methyl sites for hydroxylation is 1. The fourth-order valence-electron chi connectivity index (χ4n) is 4.19. The number of nitrogens with zero attached hydrogens (tertiary/aromatic N) is 4. The van der Waals surface area contributed by atoms with Crippen LogP contribution in [0.1, 0.15) is 23.7 Å². The lowest BCUT2D eigenvalue weighted by molar-refractivity contribution is -0.576. The molecule has 0 spiro atoms. The Kier molecular flexibility index (Phi) is 5.93. The first-order valence-corrected chi connectivity index (χ1v) is 11.5. The fraction of sp³-hybridized carbons (Fsp3) is 0.111. The number of amides is 2. The highest BCUT2D eigenvalue weighted by Gasteiger charge is 2.46. The predicted octanol–water partition coefficient (Wildman–Crippen LogP) is 3.39. The maximum atomic E-state index is 13.8. The molecule has 1 aliphatic heterocycles. The SMILES string of the molecule is CCc1nn(-c2ccc(Cl)cc2)c([O-])c1C1=C([n+]2ccccc2)C(=O)N(Cc2ccccc2)C1=O. The molecular weight excluding hydrogens is 464 g/mol. The predicted molar refractivity (Wildman–Crippen MR) is 129 cm³/mol. The first-order valence-electron chi connectivity index (χ1n) is 11.2. The summed E-state index contributed by atoms with van der Waals surface area (Å²) < 4.78 is 2.83. The fourth-order valence-corrected chi connectivity index (χ4v) is 4.31. The molecule has 0 N–H and O–H groups in total. The molecule has 8 heteroatoms. The van der Waals surface area contributed by atoms with Crippen LogP contribution in [0.4, 0.5) is 0 Å². The molecule has 0 unspecified atom stereocenters. The molecular formula is C27H21ClN4O3. The molecule has 35 heavy (non-hydrogen) atoms. The van der Waals surface area contributed by atoms with E-state index in [-0.39, 0.29) is 23.4 Å². The standard InChI is InChI=1S/C27H21ClN4O3/c1-2-21-22(26(34)32(29-21)20-13-11-19(28)12-14-20)23-24(30-15-7-4-8-16-30)27(35)31(25(23)33)17-18-9-5-3-6-10-18/h3-16H,2,17H2,1H3. The van der Waals surface area contributed by atoms with Gasteiger partial charge in [0.1, 0.15) is 5.57 Å². The van der Waals surface area contributed by atoms with Crippen molar-refractivity contribution < 1.29 is 19.3 Å². The quantitative estimate of drug-likeness (QED) is 0.310. The lowest BCUT2D eigenvalue weighted by Gasteiger charge is -2.15. The van der Waals surface area contributed by atoms with Crippen LogP contribution in [-0.4, -0.2) is 26.5 Å². The van der Waals surface area contributed by atoms with E-state index in [1.165, 1.54) is 9.58 Å². The smallest absolute Gasteiger partial charge is 0.327 e. The van der Waals surface area contributed by atoms with Crippen LogP contribution in [0.25, 0.3) is 17.0 Å². The van der Waals surface area contributed by atoms with Gasteiger partial charge in [0.05, 0.1) is 17.9 Å². The number of rotatable bonds is 6. The van der Waals surface area contributed by atoms with Crippen molar-refractivity contribution in [2.45, 2.75) is 19.9 Å². The van der Waals surface area contributed by atoms with Crippen molar-refractivity contribution in [3.05, 3.63) is 107 Å². The van der Waals surface area contributed by atoms with Crippen molar-refractivity contribution >= 4 is 34.7 Å². The van der Waals surface area contributed by atoms with Gasteiger partial charge >= 0.3 is 5.91 Å². The monoisotopic (exact) mass is 484 g/mol. The van der Waals surface area contributed by atoms with Gasteiger partial charge in [0.2, 0.25) is 0 Å². The first-order chi connectivity index (χ1) is 17.0. The number of halogens is 1. The van der Waals surface area contributed by atoms with E-state index in [1.54, 1.807) is 53.4 Å². The molecule has 0 atom stereocenters. The zero-order valence-corrected chi connectivity index (χ0v) is 19.6. The van der Waals surface area contributed by atoms with Gasteiger partial charge in [-0.1, -0.05) is 54.9 Å². The molecule has 0 radical (unpaired) electrons. The molecule has 2 aromatic carbocycles. The lowest BCUT2D eigenvalue weighted by atomic mass is 10.0. The number of imide groups is 1. The third-order valence-corrected chi connectivity index (χ3v) is 6.12. The van der Waals surface area contributed by atoms with Crippen molar-refractivity contribution in [3.63, 3.8) is 0 Å². The Balaban J connectivity index is 1.69. The number of aromatic nitrogens is 3. The zero-order valence-electron chi connectivity index (χ0n) is 18.9. The largest absolute Gasteiger partial charge is 0.858 e. The average Bonchev–Trinajstić information content (AvgIpc) is 3.33. The van der Waals surface area contributed by atoms with Crippen molar-refractivity contribution in [1.82, 2.24) is 14.7 Å². The minimum Gasteiger partial charge on any atom is -0.858 e. The number of carbonyl (C=O) groups is 2. The van der Waals surface area contributed by atoms with Gasteiger partial charge in [-0.15, -0.1) is 0 Å². The molecule has 2 aromatic heterocycles. The van der Waals surface area contributed by atoms with Gasteiger partial charge in [0, 0.05) is 22.7 Å². The molecule has 7 nitrogen and oxygen atoms in total. The topological polar surface area (TPSA) is 82.1 Å². The van der Waals surface area contributed by atoms with Crippen molar-refractivity contribution in [3.8, 4) is 11.6 Å². The second-order valence-electron chi connectivity index (χ2n) is 8.06. The molecule has 0 saturated carbocycles. The van der Waals surface area contributed by atoms with E-state index in [9.17, 15) is 14.7 Å². The Hall–Kier alpha value is -4.23. The van der Waals surface area contributed by atoms with Gasteiger partial charge in [0.25, 0.3) is 11.6 Å². The van der Waals surface area contributed by atoms with Crippen LogP contribution < -0.4 is 9.67 Å². The Morgan fingerprint density at radius 1 is 0.914 bits per heavy atom. The summed E-state index contributed by atoms with van der Waals surface area (Å²) in [5.41, 5.74) is 2.10. The van der Waals surface area contributed by atoms with E-state index in [2.05, 4.69) is 5.10 Å². The number of carbonyl (C=O) groups excluding carboxylic acids is 2. The number of benzene rings is 2. The Labute approximate surface area is 207 Å². The van der Waals surface area contributed by atoms with Gasteiger partial charge in [-0.25, -0.2) is 4.68 Å². The second-order valence-corrected chi connectivity index (χ2v) is 8.49. The van der Waals surface area contributed by atoms with Gasteiger partial charge in [0.15, 0.2) is 12.4 Å². The van der Waals surface area contributed by atoms with Crippen LogP contribution in [0.3, 0.4) is 0 Å². The summed E-state index contributed by atoms with van der Waals surface area (Å²) in [6, 6.07) is 21.3. The third-order valence-electron chi connectivity index (χ3n) is 5.87. The van der Waals surface area contributed by atoms with Crippen molar-refractivity contribution in [2.24, 2.45) is 0 Å². The van der Waals surface area contributed by atoms with Crippen molar-refractivity contribution in [2.75, 3.05) is 0 Å². The molecule has 0 bridgehead atoms. The van der Waals surface area contributed by atoms with Crippen LogP contribution in [-0.2, 0) is 22.6 Å². The van der Waals surface area contributed by atoms with E-state index in [0.29, 0.717) is 22.8 Å². The Morgan fingerprint density at radius 3 is 2.23 bits per heavy atom. The zero-order chi connectivity index (χ0) is 24.5. The molecule has 0 saturated heterocycles. The molecule has 0 aliphatic carbocycles. The number of hydrogen-bond donors (Lipinski definition) is 0. The maximum absolute atomic E-state index is 13.8. The summed E-state index contributed by atoms with van der Waals surface area (Å²) in [5, 5.41) is 18.7. The van der Waals surface area contributed by atoms with Crippen LogP contribution in [0.5, 0.6) is 5.88 Å². The summed E-state index contributed by atoms with van der Waals surface area (Å²) in [6.07, 6.45) is 3.78. The normalized spacial score (nSPS) is 13.7. The molecule has 174 valence electrons. The number of pyridine rings is 1. The summed E-state index contributed by atoms with van der Waals surface area (Å²) in [6.45, 7) is 1.95. The van der Waals surface area contributed by atoms with E-state index in [1.807, 2.05) is 43.3 Å².